The molecule has 0 saturated heterocycles. The Bertz CT molecular complexity index is 528. The molecule has 7 heteroatoms. The Kier molecular flexibility index (Phi) is 4.14. The van der Waals surface area contributed by atoms with E-state index < -0.39 is 0 Å². The van der Waals surface area contributed by atoms with Gasteiger partial charge in [-0.1, -0.05) is 12.1 Å². The van der Waals surface area contributed by atoms with Gasteiger partial charge in [-0.2, -0.15) is 0 Å². The molecule has 5 nitrogen and oxygen atoms in total. The van der Waals surface area contributed by atoms with E-state index in [9.17, 15) is 0 Å². The SMILES string of the molecule is CCNC(c1sc(C)nc1C)c1c(Br)nnn1C. The largest absolute Gasteiger partial charge is 0.304 e. The number of halogens is 1. The van der Waals surface area contributed by atoms with Gasteiger partial charge in [-0.15, -0.1) is 16.4 Å². The predicted molar refractivity (Wildman–Crippen MR) is 75.8 cm³/mol. The molecule has 0 spiro atoms. The van der Waals surface area contributed by atoms with E-state index in [0.29, 0.717) is 0 Å². The van der Waals surface area contributed by atoms with Gasteiger partial charge in [-0.3, -0.25) is 0 Å². The molecule has 2 rings (SSSR count). The molecule has 1 N–H and O–H groups in total. The predicted octanol–water partition coefficient (Wildman–Crippen LogP) is 2.35. The van der Waals surface area contributed by atoms with Crippen molar-refractivity contribution in [1.82, 2.24) is 25.3 Å². The van der Waals surface area contributed by atoms with Crippen molar-refractivity contribution in [2.45, 2.75) is 26.8 Å². The van der Waals surface area contributed by atoms with Crippen LogP contribution in [0.2, 0.25) is 0 Å². The Hall–Kier alpha value is -0.790. The average Bonchev–Trinajstić information content (AvgIpc) is 2.80. The monoisotopic (exact) mass is 329 g/mol. The molecule has 98 valence electrons. The molecule has 0 aromatic carbocycles. The van der Waals surface area contributed by atoms with Crippen LogP contribution in [-0.4, -0.2) is 26.5 Å². The summed E-state index contributed by atoms with van der Waals surface area (Å²) in [4.78, 5) is 5.72. The second kappa shape index (κ2) is 5.46. The summed E-state index contributed by atoms with van der Waals surface area (Å²) in [6.45, 7) is 7.04. The smallest absolute Gasteiger partial charge is 0.153 e. The highest BCUT2D eigenvalue weighted by Crippen LogP contribution is 2.32. The van der Waals surface area contributed by atoms with Crippen molar-refractivity contribution in [3.63, 3.8) is 0 Å². The lowest BCUT2D eigenvalue weighted by atomic mass is 10.1. The number of hydrogen-bond acceptors (Lipinski definition) is 5. The molecule has 0 fully saturated rings. The highest BCUT2D eigenvalue weighted by atomic mass is 79.9. The van der Waals surface area contributed by atoms with Gasteiger partial charge < -0.3 is 5.32 Å². The molecule has 0 saturated carbocycles. The molecule has 0 aliphatic rings. The molecule has 0 bridgehead atoms. The van der Waals surface area contributed by atoms with Crippen molar-refractivity contribution >= 4 is 27.3 Å². The fraction of sp³-hybridized carbons (Fsp3) is 0.545. The van der Waals surface area contributed by atoms with Crippen LogP contribution < -0.4 is 5.32 Å². The maximum Gasteiger partial charge on any atom is 0.153 e. The first-order valence-corrected chi connectivity index (χ1v) is 7.38. The molecule has 2 aromatic rings. The molecule has 0 amide bonds. The van der Waals surface area contributed by atoms with E-state index in [-0.39, 0.29) is 6.04 Å². The van der Waals surface area contributed by atoms with Crippen LogP contribution in [0.4, 0.5) is 0 Å². The Morgan fingerprint density at radius 3 is 2.61 bits per heavy atom. The van der Waals surface area contributed by atoms with Crippen molar-refractivity contribution in [2.75, 3.05) is 6.54 Å². The third-order valence-corrected chi connectivity index (χ3v) is 4.41. The summed E-state index contributed by atoms with van der Waals surface area (Å²) in [5.74, 6) is 0. The van der Waals surface area contributed by atoms with Gasteiger partial charge in [-0.05, 0) is 36.3 Å². The van der Waals surface area contributed by atoms with Gasteiger partial charge in [0.2, 0.25) is 0 Å². The van der Waals surface area contributed by atoms with E-state index in [1.54, 1.807) is 16.0 Å². The van der Waals surface area contributed by atoms with Gasteiger partial charge in [0.05, 0.1) is 27.3 Å². The fourth-order valence-corrected chi connectivity index (χ4v) is 3.54. The van der Waals surface area contributed by atoms with Crippen molar-refractivity contribution < 1.29 is 0 Å². The topological polar surface area (TPSA) is 55.6 Å². The van der Waals surface area contributed by atoms with Crippen molar-refractivity contribution in [3.05, 3.63) is 25.9 Å². The van der Waals surface area contributed by atoms with Crippen LogP contribution in [0.15, 0.2) is 4.60 Å². The second-order valence-corrected chi connectivity index (χ2v) is 6.05. The molecule has 2 aromatic heterocycles. The number of nitrogens with zero attached hydrogens (tertiary/aromatic N) is 4. The van der Waals surface area contributed by atoms with E-state index in [0.717, 1.165) is 27.5 Å². The summed E-state index contributed by atoms with van der Waals surface area (Å²) in [7, 11) is 1.90. The maximum atomic E-state index is 4.50. The average molecular weight is 330 g/mol. The minimum atomic E-state index is 0.0792. The number of thiazole rings is 1. The van der Waals surface area contributed by atoms with Gasteiger partial charge in [0.15, 0.2) is 4.60 Å². The van der Waals surface area contributed by atoms with Gasteiger partial charge in [0.25, 0.3) is 0 Å². The summed E-state index contributed by atoms with van der Waals surface area (Å²) in [6, 6.07) is 0.0792. The van der Waals surface area contributed by atoms with Crippen LogP contribution >= 0.6 is 27.3 Å². The second-order valence-electron chi connectivity index (χ2n) is 4.06. The summed E-state index contributed by atoms with van der Waals surface area (Å²) < 4.78 is 2.58. The molecule has 2 heterocycles. The molecular formula is C11H16BrN5S. The van der Waals surface area contributed by atoms with Crippen LogP contribution in [0, 0.1) is 13.8 Å². The van der Waals surface area contributed by atoms with E-state index in [2.05, 4.69) is 43.5 Å². The zero-order chi connectivity index (χ0) is 13.3. The quantitative estimate of drug-likeness (QED) is 0.935. The van der Waals surface area contributed by atoms with Crippen LogP contribution in [0.3, 0.4) is 0 Å². The third-order valence-electron chi connectivity index (χ3n) is 2.71. The Balaban J connectivity index is 2.49. The number of nitrogens with one attached hydrogen (secondary N) is 1. The standard InChI is InChI=1S/C11H16BrN5S/c1-5-13-8(9-11(12)15-16-17(9)4)10-6(2)14-7(3)18-10/h8,13H,5H2,1-4H3. The summed E-state index contributed by atoms with van der Waals surface area (Å²) >= 11 is 5.18. The van der Waals surface area contributed by atoms with E-state index >= 15 is 0 Å². The van der Waals surface area contributed by atoms with Crippen LogP contribution in [-0.2, 0) is 7.05 Å². The summed E-state index contributed by atoms with van der Waals surface area (Å²) in [6.07, 6.45) is 0. The molecule has 1 unspecified atom stereocenters. The number of rotatable bonds is 4. The first-order valence-electron chi connectivity index (χ1n) is 5.77. The van der Waals surface area contributed by atoms with E-state index in [1.807, 2.05) is 20.9 Å². The lowest BCUT2D eigenvalue weighted by molar-refractivity contribution is 0.571. The molecule has 0 aliphatic carbocycles. The van der Waals surface area contributed by atoms with Gasteiger partial charge in [0.1, 0.15) is 0 Å². The van der Waals surface area contributed by atoms with Gasteiger partial charge >= 0.3 is 0 Å². The van der Waals surface area contributed by atoms with E-state index in [1.165, 1.54) is 4.88 Å². The molecule has 1 atom stereocenters. The molecule has 0 aliphatic heterocycles. The minimum Gasteiger partial charge on any atom is -0.304 e. The zero-order valence-corrected chi connectivity index (χ0v) is 13.3. The number of aryl methyl sites for hydroxylation is 3. The Morgan fingerprint density at radius 2 is 2.17 bits per heavy atom. The van der Waals surface area contributed by atoms with E-state index in [4.69, 9.17) is 0 Å². The first kappa shape index (κ1) is 13.6. The molecule has 0 radical (unpaired) electrons. The fourth-order valence-electron chi connectivity index (χ4n) is 1.98. The minimum absolute atomic E-state index is 0.0792. The first-order chi connectivity index (χ1) is 8.54. The van der Waals surface area contributed by atoms with Crippen LogP contribution in [0.1, 0.15) is 34.2 Å². The lowest BCUT2D eigenvalue weighted by Crippen LogP contribution is -2.24. The maximum absolute atomic E-state index is 4.50. The molecular weight excluding hydrogens is 314 g/mol. The van der Waals surface area contributed by atoms with Crippen molar-refractivity contribution in [3.8, 4) is 0 Å². The highest BCUT2D eigenvalue weighted by Gasteiger charge is 2.24. The van der Waals surface area contributed by atoms with Crippen LogP contribution in [0.5, 0.6) is 0 Å². The van der Waals surface area contributed by atoms with Gasteiger partial charge in [-0.25, -0.2) is 9.67 Å². The van der Waals surface area contributed by atoms with Crippen molar-refractivity contribution in [2.24, 2.45) is 7.05 Å². The number of aromatic nitrogens is 4. The highest BCUT2D eigenvalue weighted by molar-refractivity contribution is 9.10. The van der Waals surface area contributed by atoms with Crippen molar-refractivity contribution in [1.29, 1.82) is 0 Å². The Morgan fingerprint density at radius 1 is 1.44 bits per heavy atom. The number of hydrogen-bond donors (Lipinski definition) is 1. The molecule has 18 heavy (non-hydrogen) atoms. The normalized spacial score (nSPS) is 12.9. The van der Waals surface area contributed by atoms with Crippen LogP contribution in [0.25, 0.3) is 0 Å². The summed E-state index contributed by atoms with van der Waals surface area (Å²) in [5.41, 5.74) is 2.10. The Labute approximate surface area is 119 Å². The van der Waals surface area contributed by atoms with Gasteiger partial charge in [0, 0.05) is 7.05 Å². The third kappa shape index (κ3) is 2.48. The zero-order valence-electron chi connectivity index (χ0n) is 10.9. The lowest BCUT2D eigenvalue weighted by Gasteiger charge is -2.17. The summed E-state index contributed by atoms with van der Waals surface area (Å²) in [5, 5.41) is 12.7.